The standard InChI is InChI=1S/C15H20N2O2/c1-2-19-15-6-4-3-5-13(15)11-14(12-16)17-7-9-18-10-8-17/h3-6,14H,2,7-11H2,1H3. The lowest BCUT2D eigenvalue weighted by molar-refractivity contribution is 0.0269. The topological polar surface area (TPSA) is 45.5 Å². The normalized spacial score (nSPS) is 17.7. The molecule has 1 saturated heterocycles. The van der Waals surface area contributed by atoms with Gasteiger partial charge in [0.15, 0.2) is 0 Å². The summed E-state index contributed by atoms with van der Waals surface area (Å²) >= 11 is 0. The number of para-hydroxylation sites is 1. The summed E-state index contributed by atoms with van der Waals surface area (Å²) in [7, 11) is 0. The van der Waals surface area contributed by atoms with Crippen molar-refractivity contribution >= 4 is 0 Å². The van der Waals surface area contributed by atoms with Gasteiger partial charge in [0.2, 0.25) is 0 Å². The Hall–Kier alpha value is -1.57. The Bertz CT molecular complexity index is 436. The first-order valence-electron chi connectivity index (χ1n) is 6.77. The summed E-state index contributed by atoms with van der Waals surface area (Å²) in [4.78, 5) is 2.19. The van der Waals surface area contributed by atoms with Gasteiger partial charge in [0.05, 0.1) is 25.9 Å². The number of morpholine rings is 1. The van der Waals surface area contributed by atoms with Gasteiger partial charge < -0.3 is 9.47 Å². The van der Waals surface area contributed by atoms with Gasteiger partial charge in [-0.05, 0) is 18.6 Å². The molecule has 0 saturated carbocycles. The predicted molar refractivity (Wildman–Crippen MR) is 73.1 cm³/mol. The van der Waals surface area contributed by atoms with Crippen LogP contribution in [0, 0.1) is 11.3 Å². The van der Waals surface area contributed by atoms with Crippen molar-refractivity contribution in [1.29, 1.82) is 5.26 Å². The molecule has 0 aliphatic carbocycles. The molecule has 19 heavy (non-hydrogen) atoms. The first-order chi connectivity index (χ1) is 9.35. The van der Waals surface area contributed by atoms with E-state index in [0.717, 1.165) is 24.4 Å². The Morgan fingerprint density at radius 2 is 2.11 bits per heavy atom. The van der Waals surface area contributed by atoms with Crippen LogP contribution in [0.4, 0.5) is 0 Å². The molecule has 0 radical (unpaired) electrons. The second-order valence-electron chi connectivity index (χ2n) is 4.54. The maximum atomic E-state index is 9.39. The fourth-order valence-electron chi connectivity index (χ4n) is 2.32. The van der Waals surface area contributed by atoms with Crippen molar-refractivity contribution < 1.29 is 9.47 Å². The fourth-order valence-corrected chi connectivity index (χ4v) is 2.32. The first kappa shape index (κ1) is 13.9. The van der Waals surface area contributed by atoms with Gasteiger partial charge in [0.1, 0.15) is 11.8 Å². The highest BCUT2D eigenvalue weighted by Gasteiger charge is 2.21. The summed E-state index contributed by atoms with van der Waals surface area (Å²) in [5.41, 5.74) is 1.10. The lowest BCUT2D eigenvalue weighted by atomic mass is 10.0. The van der Waals surface area contributed by atoms with E-state index in [0.29, 0.717) is 26.2 Å². The number of rotatable bonds is 5. The Balaban J connectivity index is 2.07. The van der Waals surface area contributed by atoms with Gasteiger partial charge in [-0.1, -0.05) is 18.2 Å². The van der Waals surface area contributed by atoms with Crippen molar-refractivity contribution in [3.05, 3.63) is 29.8 Å². The molecule has 1 unspecified atom stereocenters. The van der Waals surface area contributed by atoms with Gasteiger partial charge in [-0.2, -0.15) is 5.26 Å². The molecule has 1 fully saturated rings. The highest BCUT2D eigenvalue weighted by Crippen LogP contribution is 2.21. The zero-order chi connectivity index (χ0) is 13.5. The van der Waals surface area contributed by atoms with Gasteiger partial charge >= 0.3 is 0 Å². The highest BCUT2D eigenvalue weighted by molar-refractivity contribution is 5.34. The molecule has 0 N–H and O–H groups in total. The maximum Gasteiger partial charge on any atom is 0.122 e. The van der Waals surface area contributed by atoms with Crippen LogP contribution in [0.5, 0.6) is 5.75 Å². The van der Waals surface area contributed by atoms with Crippen molar-refractivity contribution in [2.75, 3.05) is 32.9 Å². The van der Waals surface area contributed by atoms with Crippen LogP contribution in [-0.4, -0.2) is 43.9 Å². The molecule has 1 aliphatic rings. The molecule has 0 spiro atoms. The number of hydrogen-bond donors (Lipinski definition) is 0. The van der Waals surface area contributed by atoms with Crippen LogP contribution < -0.4 is 4.74 Å². The van der Waals surface area contributed by atoms with E-state index < -0.39 is 0 Å². The van der Waals surface area contributed by atoms with E-state index in [9.17, 15) is 5.26 Å². The molecule has 1 atom stereocenters. The van der Waals surface area contributed by atoms with Crippen molar-refractivity contribution in [3.8, 4) is 11.8 Å². The minimum absolute atomic E-state index is 0.106. The third-order valence-electron chi connectivity index (χ3n) is 3.32. The van der Waals surface area contributed by atoms with Gasteiger partial charge in [-0.25, -0.2) is 0 Å². The maximum absolute atomic E-state index is 9.39. The Kier molecular flexibility index (Phi) is 5.20. The zero-order valence-electron chi connectivity index (χ0n) is 11.3. The van der Waals surface area contributed by atoms with E-state index in [2.05, 4.69) is 11.0 Å². The number of hydrogen-bond acceptors (Lipinski definition) is 4. The lowest BCUT2D eigenvalue weighted by Crippen LogP contribution is -2.43. The van der Waals surface area contributed by atoms with Crippen molar-refractivity contribution in [3.63, 3.8) is 0 Å². The largest absolute Gasteiger partial charge is 0.494 e. The smallest absolute Gasteiger partial charge is 0.122 e. The second kappa shape index (κ2) is 7.13. The monoisotopic (exact) mass is 260 g/mol. The van der Waals surface area contributed by atoms with Crippen LogP contribution in [-0.2, 0) is 11.2 Å². The zero-order valence-corrected chi connectivity index (χ0v) is 11.3. The van der Waals surface area contributed by atoms with Gasteiger partial charge in [-0.3, -0.25) is 4.90 Å². The quantitative estimate of drug-likeness (QED) is 0.810. The number of benzene rings is 1. The van der Waals surface area contributed by atoms with Gasteiger partial charge in [-0.15, -0.1) is 0 Å². The van der Waals surface area contributed by atoms with Crippen LogP contribution in [0.3, 0.4) is 0 Å². The number of ether oxygens (including phenoxy) is 2. The van der Waals surface area contributed by atoms with E-state index in [1.165, 1.54) is 0 Å². The minimum atomic E-state index is -0.106. The molecule has 4 nitrogen and oxygen atoms in total. The van der Waals surface area contributed by atoms with Crippen LogP contribution >= 0.6 is 0 Å². The average Bonchev–Trinajstić information content (AvgIpc) is 2.47. The second-order valence-corrected chi connectivity index (χ2v) is 4.54. The first-order valence-corrected chi connectivity index (χ1v) is 6.77. The Morgan fingerprint density at radius 3 is 2.79 bits per heavy atom. The van der Waals surface area contributed by atoms with E-state index >= 15 is 0 Å². The third-order valence-corrected chi connectivity index (χ3v) is 3.32. The molecule has 102 valence electrons. The number of nitrogens with zero attached hydrogens (tertiary/aromatic N) is 2. The molecule has 0 bridgehead atoms. The summed E-state index contributed by atoms with van der Waals surface area (Å²) in [6, 6.07) is 10.3. The molecule has 2 rings (SSSR count). The summed E-state index contributed by atoms with van der Waals surface area (Å²) in [5, 5.41) is 9.39. The molecule has 1 aromatic rings. The van der Waals surface area contributed by atoms with E-state index in [4.69, 9.17) is 9.47 Å². The van der Waals surface area contributed by atoms with Crippen LogP contribution in [0.2, 0.25) is 0 Å². The molecule has 4 heteroatoms. The molecule has 1 heterocycles. The average molecular weight is 260 g/mol. The van der Waals surface area contributed by atoms with Crippen molar-refractivity contribution in [2.24, 2.45) is 0 Å². The Labute approximate surface area is 114 Å². The molecule has 1 aromatic carbocycles. The summed E-state index contributed by atoms with van der Waals surface area (Å²) in [5.74, 6) is 0.888. The summed E-state index contributed by atoms with van der Waals surface area (Å²) < 4.78 is 10.9. The fraction of sp³-hybridized carbons (Fsp3) is 0.533. The summed E-state index contributed by atoms with van der Waals surface area (Å²) in [6.07, 6.45) is 0.701. The van der Waals surface area contributed by atoms with Crippen LogP contribution in [0.1, 0.15) is 12.5 Å². The third kappa shape index (κ3) is 3.69. The van der Waals surface area contributed by atoms with Gasteiger partial charge in [0.25, 0.3) is 0 Å². The molecule has 1 aliphatic heterocycles. The Morgan fingerprint density at radius 1 is 1.37 bits per heavy atom. The van der Waals surface area contributed by atoms with Crippen LogP contribution in [0.15, 0.2) is 24.3 Å². The molecular formula is C15H20N2O2. The predicted octanol–water partition coefficient (Wildman–Crippen LogP) is 1.85. The van der Waals surface area contributed by atoms with Crippen LogP contribution in [0.25, 0.3) is 0 Å². The molecule has 0 amide bonds. The van der Waals surface area contributed by atoms with E-state index in [1.54, 1.807) is 0 Å². The van der Waals surface area contributed by atoms with Gasteiger partial charge in [0, 0.05) is 19.5 Å². The minimum Gasteiger partial charge on any atom is -0.494 e. The highest BCUT2D eigenvalue weighted by atomic mass is 16.5. The lowest BCUT2D eigenvalue weighted by Gasteiger charge is -2.30. The summed E-state index contributed by atoms with van der Waals surface area (Å²) in [6.45, 7) is 5.70. The SMILES string of the molecule is CCOc1ccccc1CC(C#N)N1CCOCC1. The van der Waals surface area contributed by atoms with E-state index in [-0.39, 0.29) is 6.04 Å². The number of nitriles is 1. The van der Waals surface area contributed by atoms with E-state index in [1.807, 2.05) is 31.2 Å². The molecule has 0 aromatic heterocycles. The van der Waals surface area contributed by atoms with Crippen molar-refractivity contribution in [1.82, 2.24) is 4.90 Å². The molecular weight excluding hydrogens is 240 g/mol. The van der Waals surface area contributed by atoms with Crippen molar-refractivity contribution in [2.45, 2.75) is 19.4 Å².